The molecular formula is C16H16BrNO2. The number of carbonyl (C=O) groups is 1. The number of rotatable bonds is 4. The van der Waals surface area contributed by atoms with Crippen molar-refractivity contribution in [1.29, 1.82) is 0 Å². The summed E-state index contributed by atoms with van der Waals surface area (Å²) in [6.45, 7) is 4.50. The van der Waals surface area contributed by atoms with Gasteiger partial charge in [0.2, 0.25) is 0 Å². The lowest BCUT2D eigenvalue weighted by atomic mass is 10.1. The number of carbonyl (C=O) groups excluding carboxylic acids is 1. The number of aryl methyl sites for hydroxylation is 1. The second kappa shape index (κ2) is 6.57. The van der Waals surface area contributed by atoms with Crippen molar-refractivity contribution in [2.45, 2.75) is 13.8 Å². The van der Waals surface area contributed by atoms with Crippen molar-refractivity contribution < 1.29 is 9.53 Å². The molecule has 0 atom stereocenters. The predicted molar refractivity (Wildman–Crippen MR) is 84.4 cm³/mol. The first-order chi connectivity index (χ1) is 9.60. The van der Waals surface area contributed by atoms with Crippen LogP contribution in [0.1, 0.15) is 22.8 Å². The largest absolute Gasteiger partial charge is 0.494 e. The highest BCUT2D eigenvalue weighted by atomic mass is 79.9. The maximum absolute atomic E-state index is 12.2. The van der Waals surface area contributed by atoms with Gasteiger partial charge in [0, 0.05) is 15.7 Å². The average Bonchev–Trinajstić information content (AvgIpc) is 2.44. The molecule has 20 heavy (non-hydrogen) atoms. The van der Waals surface area contributed by atoms with Crippen molar-refractivity contribution in [3.8, 4) is 5.75 Å². The molecule has 4 heteroatoms. The van der Waals surface area contributed by atoms with Crippen LogP contribution < -0.4 is 10.1 Å². The number of nitrogens with one attached hydrogen (secondary N) is 1. The average molecular weight is 334 g/mol. The third kappa shape index (κ3) is 3.61. The molecule has 1 N–H and O–H groups in total. The lowest BCUT2D eigenvalue weighted by Crippen LogP contribution is -2.12. The first-order valence-corrected chi connectivity index (χ1v) is 7.20. The van der Waals surface area contributed by atoms with Crippen molar-refractivity contribution in [2.24, 2.45) is 0 Å². The maximum atomic E-state index is 12.2. The summed E-state index contributed by atoms with van der Waals surface area (Å²) in [7, 11) is 0. The number of benzene rings is 2. The minimum atomic E-state index is -0.130. The van der Waals surface area contributed by atoms with Crippen LogP contribution in [-0.2, 0) is 0 Å². The molecule has 2 rings (SSSR count). The SMILES string of the molecule is CCOc1ccc(C(=O)Nc2cc(Br)ccc2C)cc1. The zero-order chi connectivity index (χ0) is 14.5. The molecule has 3 nitrogen and oxygen atoms in total. The Balaban J connectivity index is 2.13. The van der Waals surface area contributed by atoms with Crippen molar-refractivity contribution in [3.05, 3.63) is 58.1 Å². The normalized spacial score (nSPS) is 10.2. The third-order valence-electron chi connectivity index (χ3n) is 2.88. The molecule has 0 radical (unpaired) electrons. The van der Waals surface area contributed by atoms with Gasteiger partial charge in [0.05, 0.1) is 6.61 Å². The Hall–Kier alpha value is -1.81. The van der Waals surface area contributed by atoms with E-state index >= 15 is 0 Å². The Morgan fingerprint density at radius 3 is 2.55 bits per heavy atom. The van der Waals surface area contributed by atoms with E-state index in [-0.39, 0.29) is 5.91 Å². The van der Waals surface area contributed by atoms with Gasteiger partial charge in [-0.25, -0.2) is 0 Å². The minimum absolute atomic E-state index is 0.130. The molecule has 0 aliphatic carbocycles. The Kier molecular flexibility index (Phi) is 4.79. The van der Waals surface area contributed by atoms with Gasteiger partial charge in [0.15, 0.2) is 0 Å². The summed E-state index contributed by atoms with van der Waals surface area (Å²) in [5.41, 5.74) is 2.43. The van der Waals surface area contributed by atoms with E-state index in [1.165, 1.54) is 0 Å². The monoisotopic (exact) mass is 333 g/mol. The quantitative estimate of drug-likeness (QED) is 0.899. The van der Waals surface area contributed by atoms with Gasteiger partial charge in [-0.05, 0) is 55.8 Å². The van der Waals surface area contributed by atoms with E-state index in [0.717, 1.165) is 21.5 Å². The molecule has 0 unspecified atom stereocenters. The molecule has 2 aromatic carbocycles. The highest BCUT2D eigenvalue weighted by Crippen LogP contribution is 2.21. The highest BCUT2D eigenvalue weighted by Gasteiger charge is 2.08. The van der Waals surface area contributed by atoms with Crippen molar-refractivity contribution in [2.75, 3.05) is 11.9 Å². The van der Waals surface area contributed by atoms with Crippen LogP contribution in [-0.4, -0.2) is 12.5 Å². The van der Waals surface area contributed by atoms with Gasteiger partial charge in [-0.15, -0.1) is 0 Å². The third-order valence-corrected chi connectivity index (χ3v) is 3.37. The van der Waals surface area contributed by atoms with Crippen LogP contribution in [0.25, 0.3) is 0 Å². The van der Waals surface area contributed by atoms with E-state index < -0.39 is 0 Å². The Morgan fingerprint density at radius 2 is 1.90 bits per heavy atom. The zero-order valence-corrected chi connectivity index (χ0v) is 13.0. The lowest BCUT2D eigenvalue weighted by Gasteiger charge is -2.09. The maximum Gasteiger partial charge on any atom is 0.255 e. The summed E-state index contributed by atoms with van der Waals surface area (Å²) in [5, 5.41) is 2.91. The van der Waals surface area contributed by atoms with Crippen LogP contribution in [0.2, 0.25) is 0 Å². The minimum Gasteiger partial charge on any atom is -0.494 e. The number of halogens is 1. The molecule has 1 amide bonds. The van der Waals surface area contributed by atoms with Crippen LogP contribution in [0.5, 0.6) is 5.75 Å². The summed E-state index contributed by atoms with van der Waals surface area (Å²) < 4.78 is 6.29. The summed E-state index contributed by atoms with van der Waals surface area (Å²) in [6, 6.07) is 12.9. The van der Waals surface area contributed by atoms with Crippen molar-refractivity contribution >= 4 is 27.5 Å². The van der Waals surface area contributed by atoms with Gasteiger partial charge in [0.25, 0.3) is 5.91 Å². The summed E-state index contributed by atoms with van der Waals surface area (Å²) in [6.07, 6.45) is 0. The number of ether oxygens (including phenoxy) is 1. The molecule has 0 aliphatic heterocycles. The zero-order valence-electron chi connectivity index (χ0n) is 11.4. The van der Waals surface area contributed by atoms with Crippen LogP contribution in [0, 0.1) is 6.92 Å². The standard InChI is InChI=1S/C16H16BrNO2/c1-3-20-14-8-5-12(6-9-14)16(19)18-15-10-13(17)7-4-11(15)2/h4-10H,3H2,1-2H3,(H,18,19). The van der Waals surface area contributed by atoms with Crippen molar-refractivity contribution in [3.63, 3.8) is 0 Å². The van der Waals surface area contributed by atoms with E-state index in [1.54, 1.807) is 24.3 Å². The fourth-order valence-electron chi connectivity index (χ4n) is 1.79. The van der Waals surface area contributed by atoms with E-state index in [4.69, 9.17) is 4.74 Å². The molecule has 0 bridgehead atoms. The lowest BCUT2D eigenvalue weighted by molar-refractivity contribution is 0.102. The first-order valence-electron chi connectivity index (χ1n) is 6.40. The number of anilines is 1. The Bertz CT molecular complexity index is 608. The molecule has 0 aromatic heterocycles. The van der Waals surface area contributed by atoms with Crippen molar-refractivity contribution in [1.82, 2.24) is 0 Å². The van der Waals surface area contributed by atoms with Gasteiger partial charge in [0.1, 0.15) is 5.75 Å². The summed E-state index contributed by atoms with van der Waals surface area (Å²) >= 11 is 3.40. The molecular weight excluding hydrogens is 318 g/mol. The van der Waals surface area contributed by atoms with Gasteiger partial charge < -0.3 is 10.1 Å². The number of hydrogen-bond acceptors (Lipinski definition) is 2. The summed E-state index contributed by atoms with van der Waals surface area (Å²) in [4.78, 5) is 12.2. The molecule has 104 valence electrons. The summed E-state index contributed by atoms with van der Waals surface area (Å²) in [5.74, 6) is 0.636. The molecule has 0 fully saturated rings. The van der Waals surface area contributed by atoms with Crippen LogP contribution in [0.3, 0.4) is 0 Å². The number of hydrogen-bond donors (Lipinski definition) is 1. The highest BCUT2D eigenvalue weighted by molar-refractivity contribution is 9.10. The fourth-order valence-corrected chi connectivity index (χ4v) is 2.15. The smallest absolute Gasteiger partial charge is 0.255 e. The van der Waals surface area contributed by atoms with E-state index in [2.05, 4.69) is 21.2 Å². The van der Waals surface area contributed by atoms with Crippen LogP contribution >= 0.6 is 15.9 Å². The molecule has 0 heterocycles. The molecule has 0 aliphatic rings. The topological polar surface area (TPSA) is 38.3 Å². The van der Waals surface area contributed by atoms with E-state index in [1.807, 2.05) is 32.0 Å². The van der Waals surface area contributed by atoms with E-state index in [9.17, 15) is 4.79 Å². The molecule has 0 spiro atoms. The number of amides is 1. The van der Waals surface area contributed by atoms with Crippen LogP contribution in [0.15, 0.2) is 46.9 Å². The second-order valence-corrected chi connectivity index (χ2v) is 5.29. The first kappa shape index (κ1) is 14.6. The molecule has 0 saturated heterocycles. The van der Waals surface area contributed by atoms with Gasteiger partial charge in [-0.1, -0.05) is 22.0 Å². The molecule has 2 aromatic rings. The predicted octanol–water partition coefficient (Wildman–Crippen LogP) is 4.41. The van der Waals surface area contributed by atoms with Gasteiger partial charge in [-0.3, -0.25) is 4.79 Å². The van der Waals surface area contributed by atoms with E-state index in [0.29, 0.717) is 12.2 Å². The Labute approximate surface area is 127 Å². The fraction of sp³-hybridized carbons (Fsp3) is 0.188. The second-order valence-electron chi connectivity index (χ2n) is 4.37. The van der Waals surface area contributed by atoms with Crippen LogP contribution in [0.4, 0.5) is 5.69 Å². The van der Waals surface area contributed by atoms with Gasteiger partial charge in [-0.2, -0.15) is 0 Å². The van der Waals surface area contributed by atoms with Gasteiger partial charge >= 0.3 is 0 Å². The Morgan fingerprint density at radius 1 is 1.20 bits per heavy atom. The molecule has 0 saturated carbocycles.